The van der Waals surface area contributed by atoms with Crippen molar-refractivity contribution < 1.29 is 19.1 Å². The predicted molar refractivity (Wildman–Crippen MR) is 41.5 cm³/mol. The molecule has 12 heavy (non-hydrogen) atoms. The summed E-state index contributed by atoms with van der Waals surface area (Å²) in [5, 5.41) is 0. The molecule has 5 nitrogen and oxygen atoms in total. The van der Waals surface area contributed by atoms with Crippen LogP contribution in [0.25, 0.3) is 0 Å². The van der Waals surface area contributed by atoms with E-state index in [1.165, 1.54) is 7.11 Å². The summed E-state index contributed by atoms with van der Waals surface area (Å²) in [5.41, 5.74) is 0. The molecule has 0 N–H and O–H groups in total. The number of carbonyl (C=O) groups excluding carboxylic acids is 2. The lowest BCUT2D eigenvalue weighted by molar-refractivity contribution is -0.149. The summed E-state index contributed by atoms with van der Waals surface area (Å²) in [6.45, 7) is 0.322. The maximum absolute atomic E-state index is 11.0. The van der Waals surface area contributed by atoms with Gasteiger partial charge in [0.25, 0.3) is 6.47 Å². The van der Waals surface area contributed by atoms with Gasteiger partial charge < -0.3 is 9.47 Å². The zero-order valence-corrected chi connectivity index (χ0v) is 7.44. The van der Waals surface area contributed by atoms with Crippen LogP contribution in [-0.4, -0.2) is 51.2 Å². The van der Waals surface area contributed by atoms with Gasteiger partial charge in [0.2, 0.25) is 0 Å². The fraction of sp³-hybridized carbons (Fsp3) is 0.714. The fourth-order valence-corrected chi connectivity index (χ4v) is 0.694. The number of likely N-dealkylation sites (N-methyl/N-ethyl adjacent to an activating group) is 1. The van der Waals surface area contributed by atoms with Crippen molar-refractivity contribution >= 4 is 12.4 Å². The van der Waals surface area contributed by atoms with Crippen molar-refractivity contribution in [2.75, 3.05) is 27.8 Å². The number of hydrogen-bond acceptors (Lipinski definition) is 5. The number of ether oxygens (including phenoxy) is 2. The minimum absolute atomic E-state index is 0.0170. The van der Waals surface area contributed by atoms with Crippen molar-refractivity contribution in [3.05, 3.63) is 0 Å². The first kappa shape index (κ1) is 10.9. The topological polar surface area (TPSA) is 55.8 Å². The molecule has 0 aromatic carbocycles. The van der Waals surface area contributed by atoms with Crippen molar-refractivity contribution in [1.82, 2.24) is 4.90 Å². The SMILES string of the molecule is COC(=O)C(COC=O)N(C)C. The summed E-state index contributed by atoms with van der Waals surface area (Å²) >= 11 is 0. The van der Waals surface area contributed by atoms with Gasteiger partial charge in [0.1, 0.15) is 12.6 Å². The molecule has 0 rings (SSSR count). The third-order valence-corrected chi connectivity index (χ3v) is 1.42. The van der Waals surface area contributed by atoms with E-state index < -0.39 is 12.0 Å². The number of esters is 1. The molecule has 0 saturated carbocycles. The zero-order valence-electron chi connectivity index (χ0n) is 7.44. The van der Waals surface area contributed by atoms with Gasteiger partial charge in [-0.25, -0.2) is 0 Å². The van der Waals surface area contributed by atoms with Gasteiger partial charge >= 0.3 is 5.97 Å². The van der Waals surface area contributed by atoms with Crippen LogP contribution < -0.4 is 0 Å². The molecule has 0 aromatic rings. The van der Waals surface area contributed by atoms with Gasteiger partial charge in [0, 0.05) is 0 Å². The molecule has 0 aliphatic heterocycles. The molecular weight excluding hydrogens is 162 g/mol. The Morgan fingerprint density at radius 1 is 1.58 bits per heavy atom. The van der Waals surface area contributed by atoms with E-state index in [1.807, 2.05) is 0 Å². The van der Waals surface area contributed by atoms with Crippen LogP contribution in [0.5, 0.6) is 0 Å². The molecule has 0 amide bonds. The van der Waals surface area contributed by atoms with E-state index in [1.54, 1.807) is 19.0 Å². The first-order valence-electron chi connectivity index (χ1n) is 3.43. The molecule has 0 aliphatic carbocycles. The molecule has 1 unspecified atom stereocenters. The average Bonchev–Trinajstić information content (AvgIpc) is 2.04. The summed E-state index contributed by atoms with van der Waals surface area (Å²) in [4.78, 5) is 22.5. The molecule has 0 radical (unpaired) electrons. The minimum Gasteiger partial charge on any atom is -0.468 e. The highest BCUT2D eigenvalue weighted by molar-refractivity contribution is 5.75. The second-order valence-corrected chi connectivity index (χ2v) is 2.43. The summed E-state index contributed by atoms with van der Waals surface area (Å²) in [7, 11) is 4.70. The highest BCUT2D eigenvalue weighted by Gasteiger charge is 2.21. The Hall–Kier alpha value is -1.10. The van der Waals surface area contributed by atoms with Gasteiger partial charge in [0.15, 0.2) is 0 Å². The van der Waals surface area contributed by atoms with Crippen LogP contribution in [0.3, 0.4) is 0 Å². The number of nitrogens with zero attached hydrogens (tertiary/aromatic N) is 1. The highest BCUT2D eigenvalue weighted by Crippen LogP contribution is 1.96. The van der Waals surface area contributed by atoms with Crippen molar-refractivity contribution in [3.63, 3.8) is 0 Å². The fourth-order valence-electron chi connectivity index (χ4n) is 0.694. The van der Waals surface area contributed by atoms with E-state index in [9.17, 15) is 9.59 Å². The van der Waals surface area contributed by atoms with Crippen molar-refractivity contribution in [1.29, 1.82) is 0 Å². The Bertz CT molecular complexity index is 157. The third-order valence-electron chi connectivity index (χ3n) is 1.42. The van der Waals surface area contributed by atoms with E-state index in [-0.39, 0.29) is 6.61 Å². The van der Waals surface area contributed by atoms with Gasteiger partial charge in [0.05, 0.1) is 7.11 Å². The number of hydrogen-bond donors (Lipinski definition) is 0. The van der Waals surface area contributed by atoms with Crippen LogP contribution in [0.4, 0.5) is 0 Å². The molecule has 5 heteroatoms. The Labute approximate surface area is 71.2 Å². The summed E-state index contributed by atoms with van der Waals surface area (Å²) in [6.07, 6.45) is 0. The van der Waals surface area contributed by atoms with E-state index in [0.29, 0.717) is 6.47 Å². The predicted octanol–water partition coefficient (Wildman–Crippen LogP) is -0.737. The van der Waals surface area contributed by atoms with Gasteiger partial charge in [-0.3, -0.25) is 14.5 Å². The lowest BCUT2D eigenvalue weighted by Crippen LogP contribution is -2.40. The first-order chi connectivity index (χ1) is 5.63. The Morgan fingerprint density at radius 3 is 2.50 bits per heavy atom. The van der Waals surface area contributed by atoms with E-state index in [2.05, 4.69) is 9.47 Å². The van der Waals surface area contributed by atoms with Gasteiger partial charge in [-0.2, -0.15) is 0 Å². The molecule has 0 spiro atoms. The number of carbonyl (C=O) groups is 2. The van der Waals surface area contributed by atoms with E-state index in [0.717, 1.165) is 0 Å². The van der Waals surface area contributed by atoms with Crippen LogP contribution in [0, 0.1) is 0 Å². The van der Waals surface area contributed by atoms with E-state index >= 15 is 0 Å². The second-order valence-electron chi connectivity index (χ2n) is 2.43. The van der Waals surface area contributed by atoms with Crippen LogP contribution >= 0.6 is 0 Å². The molecule has 70 valence electrons. The average molecular weight is 175 g/mol. The first-order valence-corrected chi connectivity index (χ1v) is 3.43. The normalized spacial score (nSPS) is 12.3. The highest BCUT2D eigenvalue weighted by atomic mass is 16.5. The largest absolute Gasteiger partial charge is 0.468 e. The second kappa shape index (κ2) is 5.54. The Kier molecular flexibility index (Phi) is 5.03. The molecule has 0 aliphatic rings. The Morgan fingerprint density at radius 2 is 2.17 bits per heavy atom. The summed E-state index contributed by atoms with van der Waals surface area (Å²) in [6, 6.07) is -0.528. The third kappa shape index (κ3) is 3.34. The molecule has 0 heterocycles. The summed E-state index contributed by atoms with van der Waals surface area (Å²) in [5.74, 6) is -0.415. The van der Waals surface area contributed by atoms with Crippen LogP contribution in [0.2, 0.25) is 0 Å². The maximum Gasteiger partial charge on any atom is 0.326 e. The zero-order chi connectivity index (χ0) is 9.56. The monoisotopic (exact) mass is 175 g/mol. The van der Waals surface area contributed by atoms with Gasteiger partial charge in [-0.05, 0) is 14.1 Å². The molecule has 1 atom stereocenters. The molecule has 0 bridgehead atoms. The quantitative estimate of drug-likeness (QED) is 0.407. The van der Waals surface area contributed by atoms with Gasteiger partial charge in [-0.15, -0.1) is 0 Å². The lowest BCUT2D eigenvalue weighted by Gasteiger charge is -2.19. The smallest absolute Gasteiger partial charge is 0.326 e. The molecular formula is C7H13NO4. The Balaban J connectivity index is 4.03. The van der Waals surface area contributed by atoms with Crippen LogP contribution in [-0.2, 0) is 19.1 Å². The molecule has 0 saturated heterocycles. The van der Waals surface area contributed by atoms with Crippen molar-refractivity contribution in [2.24, 2.45) is 0 Å². The van der Waals surface area contributed by atoms with Crippen LogP contribution in [0.15, 0.2) is 0 Å². The van der Waals surface area contributed by atoms with E-state index in [4.69, 9.17) is 0 Å². The van der Waals surface area contributed by atoms with Crippen molar-refractivity contribution in [3.8, 4) is 0 Å². The van der Waals surface area contributed by atoms with Crippen molar-refractivity contribution in [2.45, 2.75) is 6.04 Å². The standard InChI is InChI=1S/C7H13NO4/c1-8(2)6(4-12-5-9)7(10)11-3/h5-6H,4H2,1-3H3. The minimum atomic E-state index is -0.528. The maximum atomic E-state index is 11.0. The lowest BCUT2D eigenvalue weighted by atomic mass is 10.3. The number of methoxy groups -OCH3 is 1. The van der Waals surface area contributed by atoms with Crippen LogP contribution in [0.1, 0.15) is 0 Å². The molecule has 0 aromatic heterocycles. The molecule has 0 fully saturated rings. The van der Waals surface area contributed by atoms with Gasteiger partial charge in [-0.1, -0.05) is 0 Å². The summed E-state index contributed by atoms with van der Waals surface area (Å²) < 4.78 is 8.95. The number of rotatable bonds is 5.